The molecule has 1 aliphatic rings. The SMILES string of the molecule is C[C@H]1[C@@H](CSc2ncccn2)O[C@@H](c2ccc(CN)cc2)O[C@H]1c1ccc(CO)cc1. The minimum atomic E-state index is -0.479. The van der Waals surface area contributed by atoms with Gasteiger partial charge in [-0.3, -0.25) is 0 Å². The van der Waals surface area contributed by atoms with E-state index in [0.717, 1.165) is 33.2 Å². The Morgan fingerprint density at radius 3 is 2.23 bits per heavy atom. The Morgan fingerprint density at radius 2 is 1.58 bits per heavy atom. The number of nitrogens with zero attached hydrogens (tertiary/aromatic N) is 2. The van der Waals surface area contributed by atoms with Gasteiger partial charge in [0.1, 0.15) is 0 Å². The van der Waals surface area contributed by atoms with Crippen molar-refractivity contribution < 1.29 is 14.6 Å². The van der Waals surface area contributed by atoms with E-state index in [-0.39, 0.29) is 24.7 Å². The standard InChI is InChI=1S/C24H27N3O3S/c1-16-21(15-31-24-26-11-2-12-27-24)29-23(20-9-3-17(13-25)4-10-20)30-22(16)19-7-5-18(14-28)6-8-19/h2-12,16,21-23,28H,13-15,25H2,1H3/t16-,21+,22+,23+/m0/s1. The van der Waals surface area contributed by atoms with Gasteiger partial charge in [0.2, 0.25) is 0 Å². The molecule has 1 aromatic heterocycles. The molecule has 6 nitrogen and oxygen atoms in total. The maximum Gasteiger partial charge on any atom is 0.187 e. The number of aromatic nitrogens is 2. The zero-order chi connectivity index (χ0) is 21.6. The van der Waals surface area contributed by atoms with E-state index >= 15 is 0 Å². The minimum absolute atomic E-state index is 0.0247. The molecular weight excluding hydrogens is 410 g/mol. The van der Waals surface area contributed by atoms with E-state index in [1.165, 1.54) is 0 Å². The Morgan fingerprint density at radius 1 is 0.935 bits per heavy atom. The number of thioether (sulfide) groups is 1. The molecule has 0 unspecified atom stereocenters. The molecule has 1 fully saturated rings. The zero-order valence-corrected chi connectivity index (χ0v) is 18.2. The number of aliphatic hydroxyl groups is 1. The number of rotatable bonds is 7. The monoisotopic (exact) mass is 437 g/mol. The van der Waals surface area contributed by atoms with Crippen LogP contribution in [0.15, 0.2) is 72.1 Å². The van der Waals surface area contributed by atoms with Gasteiger partial charge in [-0.15, -0.1) is 0 Å². The molecule has 3 aromatic rings. The fraction of sp³-hybridized carbons (Fsp3) is 0.333. The van der Waals surface area contributed by atoms with Crippen molar-refractivity contribution in [2.45, 2.75) is 43.7 Å². The van der Waals surface area contributed by atoms with Crippen LogP contribution in [-0.4, -0.2) is 26.9 Å². The lowest BCUT2D eigenvalue weighted by atomic mass is 9.91. The molecule has 31 heavy (non-hydrogen) atoms. The van der Waals surface area contributed by atoms with Crippen LogP contribution < -0.4 is 5.73 Å². The number of aliphatic hydroxyl groups excluding tert-OH is 1. The predicted molar refractivity (Wildman–Crippen MR) is 120 cm³/mol. The molecule has 1 aliphatic heterocycles. The molecule has 0 aliphatic carbocycles. The quantitative estimate of drug-likeness (QED) is 0.426. The summed E-state index contributed by atoms with van der Waals surface area (Å²) in [5.41, 5.74) is 9.72. The number of nitrogens with two attached hydrogens (primary N) is 1. The Kier molecular flexibility index (Phi) is 7.32. The van der Waals surface area contributed by atoms with Gasteiger partial charge in [0.25, 0.3) is 0 Å². The van der Waals surface area contributed by atoms with Gasteiger partial charge < -0.3 is 20.3 Å². The molecule has 4 atom stereocenters. The molecule has 2 aromatic carbocycles. The first-order valence-corrected chi connectivity index (χ1v) is 11.4. The number of ether oxygens (including phenoxy) is 2. The summed E-state index contributed by atoms with van der Waals surface area (Å²) in [6, 6.07) is 17.8. The van der Waals surface area contributed by atoms with Crippen LogP contribution in [0.1, 0.15) is 41.6 Å². The van der Waals surface area contributed by atoms with Crippen LogP contribution in [-0.2, 0) is 22.6 Å². The van der Waals surface area contributed by atoms with Gasteiger partial charge in [-0.2, -0.15) is 0 Å². The lowest BCUT2D eigenvalue weighted by Gasteiger charge is -2.41. The molecule has 4 rings (SSSR count). The van der Waals surface area contributed by atoms with Crippen molar-refractivity contribution in [1.29, 1.82) is 0 Å². The van der Waals surface area contributed by atoms with Crippen molar-refractivity contribution in [2.75, 3.05) is 5.75 Å². The Balaban J connectivity index is 1.58. The van der Waals surface area contributed by atoms with Crippen molar-refractivity contribution in [1.82, 2.24) is 9.97 Å². The summed E-state index contributed by atoms with van der Waals surface area (Å²) in [7, 11) is 0. The topological polar surface area (TPSA) is 90.5 Å². The van der Waals surface area contributed by atoms with E-state index < -0.39 is 6.29 Å². The Labute approximate surface area is 186 Å². The lowest BCUT2D eigenvalue weighted by molar-refractivity contribution is -0.268. The second-order valence-corrected chi connectivity index (χ2v) is 8.60. The maximum absolute atomic E-state index is 9.37. The molecule has 7 heteroatoms. The molecule has 0 bridgehead atoms. The van der Waals surface area contributed by atoms with Gasteiger partial charge in [0, 0.05) is 36.2 Å². The van der Waals surface area contributed by atoms with Crippen LogP contribution >= 0.6 is 11.8 Å². The highest BCUT2D eigenvalue weighted by atomic mass is 32.2. The summed E-state index contributed by atoms with van der Waals surface area (Å²) < 4.78 is 12.9. The molecule has 162 valence electrons. The second-order valence-electron chi connectivity index (χ2n) is 7.61. The zero-order valence-electron chi connectivity index (χ0n) is 17.4. The largest absolute Gasteiger partial charge is 0.392 e. The molecule has 2 heterocycles. The van der Waals surface area contributed by atoms with Gasteiger partial charge >= 0.3 is 0 Å². The van der Waals surface area contributed by atoms with Gasteiger partial charge in [-0.05, 0) is 22.8 Å². The average Bonchev–Trinajstić information content (AvgIpc) is 2.84. The fourth-order valence-electron chi connectivity index (χ4n) is 3.64. The molecule has 3 N–H and O–H groups in total. The highest BCUT2D eigenvalue weighted by Crippen LogP contribution is 2.42. The fourth-order valence-corrected chi connectivity index (χ4v) is 4.60. The van der Waals surface area contributed by atoms with E-state index in [0.29, 0.717) is 6.54 Å². The molecule has 0 saturated carbocycles. The summed E-state index contributed by atoms with van der Waals surface area (Å²) in [6.45, 7) is 2.67. The molecular formula is C24H27N3O3S. The van der Waals surface area contributed by atoms with Crippen LogP contribution in [0.2, 0.25) is 0 Å². The van der Waals surface area contributed by atoms with Crippen molar-refractivity contribution in [3.63, 3.8) is 0 Å². The van der Waals surface area contributed by atoms with Crippen LogP contribution in [0.5, 0.6) is 0 Å². The summed E-state index contributed by atoms with van der Waals surface area (Å²) in [5, 5.41) is 10.1. The van der Waals surface area contributed by atoms with E-state index in [2.05, 4.69) is 16.9 Å². The van der Waals surface area contributed by atoms with Gasteiger partial charge in [-0.1, -0.05) is 67.2 Å². The second kappa shape index (κ2) is 10.3. The first kappa shape index (κ1) is 21.9. The normalized spacial score (nSPS) is 23.6. The van der Waals surface area contributed by atoms with E-state index in [9.17, 15) is 5.11 Å². The predicted octanol–water partition coefficient (Wildman–Crippen LogP) is 4.01. The van der Waals surface area contributed by atoms with Gasteiger partial charge in [0.05, 0.1) is 18.8 Å². The highest BCUT2D eigenvalue weighted by molar-refractivity contribution is 7.99. The first-order valence-electron chi connectivity index (χ1n) is 10.4. The van der Waals surface area contributed by atoms with E-state index in [1.54, 1.807) is 24.2 Å². The summed E-state index contributed by atoms with van der Waals surface area (Å²) in [6.07, 6.45) is 2.83. The van der Waals surface area contributed by atoms with Gasteiger partial charge in [-0.25, -0.2) is 9.97 Å². The van der Waals surface area contributed by atoms with Crippen molar-refractivity contribution >= 4 is 11.8 Å². The Hall–Kier alpha value is -2.29. The molecule has 0 radical (unpaired) electrons. The van der Waals surface area contributed by atoms with Crippen molar-refractivity contribution in [3.05, 3.63) is 89.2 Å². The maximum atomic E-state index is 9.37. The third kappa shape index (κ3) is 5.31. The van der Waals surface area contributed by atoms with Crippen molar-refractivity contribution in [2.24, 2.45) is 11.7 Å². The third-order valence-electron chi connectivity index (χ3n) is 5.53. The molecule has 1 saturated heterocycles. The number of hydrogen-bond donors (Lipinski definition) is 2. The van der Waals surface area contributed by atoms with Crippen LogP contribution in [0, 0.1) is 5.92 Å². The summed E-state index contributed by atoms with van der Waals surface area (Å²) in [5.74, 6) is 0.840. The highest BCUT2D eigenvalue weighted by Gasteiger charge is 2.38. The van der Waals surface area contributed by atoms with Crippen LogP contribution in [0.25, 0.3) is 0 Å². The van der Waals surface area contributed by atoms with Crippen LogP contribution in [0.4, 0.5) is 0 Å². The molecule has 0 amide bonds. The average molecular weight is 438 g/mol. The Bertz CT molecular complexity index is 954. The number of benzene rings is 2. The first-order chi connectivity index (χ1) is 15.2. The smallest absolute Gasteiger partial charge is 0.187 e. The third-order valence-corrected chi connectivity index (χ3v) is 6.49. The number of hydrogen-bond acceptors (Lipinski definition) is 7. The van der Waals surface area contributed by atoms with Crippen LogP contribution in [0.3, 0.4) is 0 Å². The van der Waals surface area contributed by atoms with Gasteiger partial charge in [0.15, 0.2) is 11.4 Å². The van der Waals surface area contributed by atoms with E-state index in [4.69, 9.17) is 15.2 Å². The minimum Gasteiger partial charge on any atom is -0.392 e. The summed E-state index contributed by atoms with van der Waals surface area (Å²) >= 11 is 1.58. The molecule has 0 spiro atoms. The van der Waals surface area contributed by atoms with Crippen molar-refractivity contribution in [3.8, 4) is 0 Å². The summed E-state index contributed by atoms with van der Waals surface area (Å²) in [4.78, 5) is 8.62. The van der Waals surface area contributed by atoms with E-state index in [1.807, 2.05) is 54.6 Å². The lowest BCUT2D eigenvalue weighted by Crippen LogP contribution is -2.38.